The number of rotatable bonds is 5. The Balaban J connectivity index is 2.07. The quantitative estimate of drug-likeness (QED) is 0.657. The first-order valence-corrected chi connectivity index (χ1v) is 6.62. The van der Waals surface area contributed by atoms with Gasteiger partial charge >= 0.3 is 0 Å². The summed E-state index contributed by atoms with van der Waals surface area (Å²) >= 11 is 0. The maximum atomic E-state index is 11.9. The fourth-order valence-electron chi connectivity index (χ4n) is 1.85. The van der Waals surface area contributed by atoms with Crippen molar-refractivity contribution in [1.29, 1.82) is 0 Å². The number of phenols is 1. The number of methoxy groups -OCH3 is 2. The second-order valence-corrected chi connectivity index (χ2v) is 4.48. The topological polar surface area (TPSA) is 67.8 Å². The van der Waals surface area contributed by atoms with E-state index in [0.717, 1.165) is 5.56 Å². The van der Waals surface area contributed by atoms with Crippen molar-refractivity contribution in [3.05, 3.63) is 54.1 Å². The van der Waals surface area contributed by atoms with E-state index in [4.69, 9.17) is 9.47 Å². The van der Waals surface area contributed by atoms with Crippen molar-refractivity contribution < 1.29 is 19.4 Å². The molecule has 0 atom stereocenters. The van der Waals surface area contributed by atoms with Crippen molar-refractivity contribution in [2.24, 2.45) is 0 Å². The highest BCUT2D eigenvalue weighted by molar-refractivity contribution is 6.02. The number of aromatic hydroxyl groups is 1. The molecule has 0 unspecified atom stereocenters. The lowest BCUT2D eigenvalue weighted by molar-refractivity contribution is -0.111. The molecule has 2 aromatic carbocycles. The average molecular weight is 299 g/mol. The molecule has 0 spiro atoms. The molecule has 5 heteroatoms. The number of phenolic OH excluding ortho intramolecular Hbond substituents is 1. The molecule has 0 heterocycles. The molecule has 0 saturated heterocycles. The minimum Gasteiger partial charge on any atom is -0.508 e. The maximum Gasteiger partial charge on any atom is 0.248 e. The number of hydrogen-bond acceptors (Lipinski definition) is 4. The summed E-state index contributed by atoms with van der Waals surface area (Å²) < 4.78 is 10.4. The van der Waals surface area contributed by atoms with Gasteiger partial charge in [0, 0.05) is 23.4 Å². The van der Waals surface area contributed by atoms with Crippen LogP contribution < -0.4 is 14.8 Å². The molecule has 5 nitrogen and oxygen atoms in total. The Bertz CT molecular complexity index is 678. The first-order chi connectivity index (χ1) is 10.6. The van der Waals surface area contributed by atoms with Crippen molar-refractivity contribution in [1.82, 2.24) is 0 Å². The lowest BCUT2D eigenvalue weighted by atomic mass is 10.1. The summed E-state index contributed by atoms with van der Waals surface area (Å²) in [6.45, 7) is 0. The third kappa shape index (κ3) is 4.02. The van der Waals surface area contributed by atoms with Crippen LogP contribution in [0.5, 0.6) is 17.2 Å². The fraction of sp³-hybridized carbons (Fsp3) is 0.118. The third-order valence-corrected chi connectivity index (χ3v) is 2.99. The minimum atomic E-state index is -0.274. The van der Waals surface area contributed by atoms with Gasteiger partial charge < -0.3 is 19.9 Å². The lowest BCUT2D eigenvalue weighted by Gasteiger charge is -2.07. The van der Waals surface area contributed by atoms with Crippen LogP contribution in [0.1, 0.15) is 5.56 Å². The summed E-state index contributed by atoms with van der Waals surface area (Å²) in [5, 5.41) is 11.9. The Kier molecular flexibility index (Phi) is 5.03. The molecule has 22 heavy (non-hydrogen) atoms. The summed E-state index contributed by atoms with van der Waals surface area (Å²) in [4.78, 5) is 11.9. The van der Waals surface area contributed by atoms with Gasteiger partial charge in [-0.05, 0) is 42.5 Å². The van der Waals surface area contributed by atoms with Crippen LogP contribution in [0.15, 0.2) is 48.5 Å². The van der Waals surface area contributed by atoms with Gasteiger partial charge in [0.25, 0.3) is 0 Å². The lowest BCUT2D eigenvalue weighted by Crippen LogP contribution is -2.07. The van der Waals surface area contributed by atoms with Crippen LogP contribution in [0, 0.1) is 0 Å². The van der Waals surface area contributed by atoms with Gasteiger partial charge in [-0.15, -0.1) is 0 Å². The third-order valence-electron chi connectivity index (χ3n) is 2.99. The zero-order chi connectivity index (χ0) is 15.9. The molecule has 0 bridgehead atoms. The van der Waals surface area contributed by atoms with Gasteiger partial charge in [0.15, 0.2) is 0 Å². The first-order valence-electron chi connectivity index (χ1n) is 6.62. The number of ether oxygens (including phenoxy) is 2. The molecule has 114 valence electrons. The van der Waals surface area contributed by atoms with E-state index >= 15 is 0 Å². The van der Waals surface area contributed by atoms with E-state index in [2.05, 4.69) is 5.32 Å². The number of hydrogen-bond donors (Lipinski definition) is 2. The molecule has 2 rings (SSSR count). The molecule has 0 aliphatic heterocycles. The SMILES string of the molecule is COc1ccc(C=CC(=O)Nc2ccc(O)cc2)c(OC)c1. The van der Waals surface area contributed by atoms with Gasteiger partial charge in [0.05, 0.1) is 14.2 Å². The van der Waals surface area contributed by atoms with Crippen LogP contribution in [0.25, 0.3) is 6.08 Å². The van der Waals surface area contributed by atoms with Crippen LogP contribution in [-0.4, -0.2) is 25.2 Å². The molecular weight excluding hydrogens is 282 g/mol. The van der Waals surface area contributed by atoms with E-state index in [9.17, 15) is 9.90 Å². The average Bonchev–Trinajstić information content (AvgIpc) is 2.55. The smallest absolute Gasteiger partial charge is 0.248 e. The predicted molar refractivity (Wildman–Crippen MR) is 85.3 cm³/mol. The maximum absolute atomic E-state index is 11.9. The second kappa shape index (κ2) is 7.17. The van der Waals surface area contributed by atoms with Gasteiger partial charge in [-0.1, -0.05) is 0 Å². The van der Waals surface area contributed by atoms with Crippen molar-refractivity contribution in [2.75, 3.05) is 19.5 Å². The number of carbonyl (C=O) groups excluding carboxylic acids is 1. The highest BCUT2D eigenvalue weighted by Crippen LogP contribution is 2.25. The Morgan fingerprint density at radius 2 is 1.82 bits per heavy atom. The van der Waals surface area contributed by atoms with Crippen LogP contribution in [0.3, 0.4) is 0 Å². The largest absolute Gasteiger partial charge is 0.508 e. The minimum absolute atomic E-state index is 0.150. The fourth-order valence-corrected chi connectivity index (χ4v) is 1.85. The number of nitrogens with one attached hydrogen (secondary N) is 1. The van der Waals surface area contributed by atoms with Crippen LogP contribution in [-0.2, 0) is 4.79 Å². The summed E-state index contributed by atoms with van der Waals surface area (Å²) in [5.74, 6) is 1.18. The summed E-state index contributed by atoms with van der Waals surface area (Å²) in [6, 6.07) is 11.6. The van der Waals surface area contributed by atoms with Gasteiger partial charge in [-0.3, -0.25) is 4.79 Å². The number of anilines is 1. The zero-order valence-electron chi connectivity index (χ0n) is 12.4. The number of amides is 1. The molecule has 2 N–H and O–H groups in total. The Morgan fingerprint density at radius 1 is 1.09 bits per heavy atom. The van der Waals surface area contributed by atoms with E-state index in [1.54, 1.807) is 44.6 Å². The summed E-state index contributed by atoms with van der Waals surface area (Å²) in [7, 11) is 3.14. The molecular formula is C17H17NO4. The van der Waals surface area contributed by atoms with Crippen LogP contribution in [0.4, 0.5) is 5.69 Å². The Hall–Kier alpha value is -2.95. The standard InChI is InChI=1S/C17H17NO4/c1-21-15-9-3-12(16(11-15)22-2)4-10-17(20)18-13-5-7-14(19)8-6-13/h3-11,19H,1-2H3,(H,18,20). The monoisotopic (exact) mass is 299 g/mol. The van der Waals surface area contributed by atoms with Gasteiger partial charge in [-0.25, -0.2) is 0 Å². The normalized spacial score (nSPS) is 10.5. The van der Waals surface area contributed by atoms with Crippen molar-refractivity contribution in [3.8, 4) is 17.2 Å². The van der Waals surface area contributed by atoms with E-state index in [-0.39, 0.29) is 11.7 Å². The molecule has 0 saturated carbocycles. The molecule has 0 fully saturated rings. The summed E-state index contributed by atoms with van der Waals surface area (Å²) in [6.07, 6.45) is 3.07. The van der Waals surface area contributed by atoms with E-state index in [1.807, 2.05) is 6.07 Å². The highest BCUT2D eigenvalue weighted by atomic mass is 16.5. The van der Waals surface area contributed by atoms with E-state index < -0.39 is 0 Å². The van der Waals surface area contributed by atoms with Crippen molar-refractivity contribution in [3.63, 3.8) is 0 Å². The van der Waals surface area contributed by atoms with Crippen molar-refractivity contribution >= 4 is 17.7 Å². The van der Waals surface area contributed by atoms with E-state index in [0.29, 0.717) is 17.2 Å². The molecule has 0 aromatic heterocycles. The molecule has 0 radical (unpaired) electrons. The van der Waals surface area contributed by atoms with E-state index in [1.165, 1.54) is 18.2 Å². The molecule has 0 aliphatic rings. The molecule has 1 amide bonds. The number of benzene rings is 2. The first kappa shape index (κ1) is 15.4. The van der Waals surface area contributed by atoms with Gasteiger partial charge in [0.1, 0.15) is 17.2 Å². The zero-order valence-corrected chi connectivity index (χ0v) is 12.4. The van der Waals surface area contributed by atoms with Gasteiger partial charge in [-0.2, -0.15) is 0 Å². The van der Waals surface area contributed by atoms with Crippen LogP contribution >= 0.6 is 0 Å². The number of carbonyl (C=O) groups is 1. The second-order valence-electron chi connectivity index (χ2n) is 4.48. The highest BCUT2D eigenvalue weighted by Gasteiger charge is 2.03. The Labute approximate surface area is 128 Å². The van der Waals surface area contributed by atoms with Gasteiger partial charge in [0.2, 0.25) is 5.91 Å². The van der Waals surface area contributed by atoms with Crippen molar-refractivity contribution in [2.45, 2.75) is 0 Å². The van der Waals surface area contributed by atoms with Crippen LogP contribution in [0.2, 0.25) is 0 Å². The predicted octanol–water partition coefficient (Wildman–Crippen LogP) is 3.06. The Morgan fingerprint density at radius 3 is 2.45 bits per heavy atom. The molecule has 2 aromatic rings. The summed E-state index contributed by atoms with van der Waals surface area (Å²) in [5.41, 5.74) is 1.37. The molecule has 0 aliphatic carbocycles.